The van der Waals surface area contributed by atoms with E-state index in [1.54, 1.807) is 14.2 Å². The van der Waals surface area contributed by atoms with Crippen molar-refractivity contribution in [2.24, 2.45) is 0 Å². The van der Waals surface area contributed by atoms with Crippen LogP contribution in [0, 0.1) is 0 Å². The van der Waals surface area contributed by atoms with Crippen LogP contribution in [-0.2, 0) is 0 Å². The molecular formula is C12H15BrClNO2. The Morgan fingerprint density at radius 1 is 1.35 bits per heavy atom. The smallest absolute Gasteiger partial charge is 0.175 e. The average Bonchev–Trinajstić information content (AvgIpc) is 2.81. The van der Waals surface area contributed by atoms with Crippen molar-refractivity contribution >= 4 is 27.5 Å². The minimum atomic E-state index is 0.249. The number of benzene rings is 1. The van der Waals surface area contributed by atoms with Crippen LogP contribution in [0.5, 0.6) is 11.5 Å². The molecule has 0 saturated carbocycles. The molecule has 1 aliphatic heterocycles. The summed E-state index contributed by atoms with van der Waals surface area (Å²) in [5.74, 6) is 1.41. The van der Waals surface area contributed by atoms with Gasteiger partial charge in [-0.15, -0.1) is 0 Å². The van der Waals surface area contributed by atoms with Crippen molar-refractivity contribution < 1.29 is 9.47 Å². The van der Waals surface area contributed by atoms with E-state index in [2.05, 4.69) is 21.2 Å². The Kier molecular flexibility index (Phi) is 4.17. The molecule has 5 heteroatoms. The zero-order valence-electron chi connectivity index (χ0n) is 9.85. The molecule has 1 aromatic carbocycles. The van der Waals surface area contributed by atoms with E-state index in [1.807, 2.05) is 6.07 Å². The average molecular weight is 321 g/mol. The van der Waals surface area contributed by atoms with E-state index in [0.717, 1.165) is 29.4 Å². The fourth-order valence-electron chi connectivity index (χ4n) is 2.24. The number of halogens is 2. The summed E-state index contributed by atoms with van der Waals surface area (Å²) in [4.78, 5) is 0. The van der Waals surface area contributed by atoms with Crippen LogP contribution in [0.25, 0.3) is 0 Å². The maximum absolute atomic E-state index is 6.32. The Labute approximate surface area is 115 Å². The minimum Gasteiger partial charge on any atom is -0.492 e. The summed E-state index contributed by atoms with van der Waals surface area (Å²) < 4.78 is 11.6. The molecule has 1 heterocycles. The zero-order chi connectivity index (χ0) is 12.4. The number of nitrogens with one attached hydrogen (secondary N) is 1. The van der Waals surface area contributed by atoms with Gasteiger partial charge < -0.3 is 14.8 Å². The molecule has 94 valence electrons. The van der Waals surface area contributed by atoms with Gasteiger partial charge >= 0.3 is 0 Å². The number of rotatable bonds is 3. The molecule has 1 fully saturated rings. The summed E-state index contributed by atoms with van der Waals surface area (Å²) in [5.41, 5.74) is 0.992. The second-order valence-electron chi connectivity index (χ2n) is 3.97. The Morgan fingerprint density at radius 2 is 2.06 bits per heavy atom. The molecule has 0 bridgehead atoms. The minimum absolute atomic E-state index is 0.249. The predicted molar refractivity (Wildman–Crippen MR) is 72.2 cm³/mol. The SMILES string of the molecule is COc1c(Br)cc(Cl)c(C2CCCN2)c1OC. The van der Waals surface area contributed by atoms with E-state index in [4.69, 9.17) is 21.1 Å². The van der Waals surface area contributed by atoms with Crippen LogP contribution < -0.4 is 14.8 Å². The normalized spacial score (nSPS) is 19.4. The van der Waals surface area contributed by atoms with Gasteiger partial charge in [-0.1, -0.05) is 11.6 Å². The summed E-state index contributed by atoms with van der Waals surface area (Å²) in [6.45, 7) is 1.02. The highest BCUT2D eigenvalue weighted by Crippen LogP contribution is 2.46. The topological polar surface area (TPSA) is 30.5 Å². The molecule has 0 radical (unpaired) electrons. The largest absolute Gasteiger partial charge is 0.492 e. The molecule has 0 amide bonds. The van der Waals surface area contributed by atoms with Crippen molar-refractivity contribution in [3.05, 3.63) is 21.1 Å². The van der Waals surface area contributed by atoms with E-state index >= 15 is 0 Å². The molecule has 1 atom stereocenters. The molecular weight excluding hydrogens is 305 g/mol. The lowest BCUT2D eigenvalue weighted by Crippen LogP contribution is -2.14. The quantitative estimate of drug-likeness (QED) is 0.924. The van der Waals surface area contributed by atoms with Gasteiger partial charge in [0.2, 0.25) is 0 Å². The van der Waals surface area contributed by atoms with E-state index in [1.165, 1.54) is 0 Å². The second kappa shape index (κ2) is 5.46. The van der Waals surface area contributed by atoms with E-state index < -0.39 is 0 Å². The fraction of sp³-hybridized carbons (Fsp3) is 0.500. The Bertz CT molecular complexity index is 419. The van der Waals surface area contributed by atoms with E-state index in [0.29, 0.717) is 16.5 Å². The lowest BCUT2D eigenvalue weighted by Gasteiger charge is -2.20. The highest BCUT2D eigenvalue weighted by Gasteiger charge is 2.26. The first kappa shape index (κ1) is 13.0. The Balaban J connectivity index is 2.55. The number of methoxy groups -OCH3 is 2. The van der Waals surface area contributed by atoms with Crippen LogP contribution in [-0.4, -0.2) is 20.8 Å². The van der Waals surface area contributed by atoms with Crippen LogP contribution in [0.1, 0.15) is 24.4 Å². The number of hydrogen-bond donors (Lipinski definition) is 1. The lowest BCUT2D eigenvalue weighted by molar-refractivity contribution is 0.346. The first-order valence-corrected chi connectivity index (χ1v) is 6.69. The van der Waals surface area contributed by atoms with Crippen LogP contribution in [0.15, 0.2) is 10.5 Å². The molecule has 1 unspecified atom stereocenters. The van der Waals surface area contributed by atoms with E-state index in [-0.39, 0.29) is 6.04 Å². The Hall–Kier alpha value is -0.450. The molecule has 1 aliphatic rings. The van der Waals surface area contributed by atoms with Gasteiger partial charge in [-0.05, 0) is 41.4 Å². The fourth-order valence-corrected chi connectivity index (χ4v) is 3.27. The lowest BCUT2D eigenvalue weighted by atomic mass is 10.0. The number of hydrogen-bond acceptors (Lipinski definition) is 3. The van der Waals surface area contributed by atoms with Crippen molar-refractivity contribution in [3.63, 3.8) is 0 Å². The summed E-state index contributed by atoms with van der Waals surface area (Å²) in [6.07, 6.45) is 2.23. The van der Waals surface area contributed by atoms with Gasteiger partial charge in [0.15, 0.2) is 11.5 Å². The number of ether oxygens (including phenoxy) is 2. The van der Waals surface area contributed by atoms with Gasteiger partial charge in [0.25, 0.3) is 0 Å². The molecule has 3 nitrogen and oxygen atoms in total. The van der Waals surface area contributed by atoms with Crippen molar-refractivity contribution in [2.45, 2.75) is 18.9 Å². The van der Waals surface area contributed by atoms with Gasteiger partial charge in [-0.25, -0.2) is 0 Å². The van der Waals surface area contributed by atoms with Crippen molar-refractivity contribution in [1.29, 1.82) is 0 Å². The summed E-state index contributed by atoms with van der Waals surface area (Å²) >= 11 is 9.75. The summed E-state index contributed by atoms with van der Waals surface area (Å²) in [7, 11) is 3.27. The summed E-state index contributed by atoms with van der Waals surface area (Å²) in [6, 6.07) is 2.11. The van der Waals surface area contributed by atoms with Crippen molar-refractivity contribution in [1.82, 2.24) is 5.32 Å². The van der Waals surface area contributed by atoms with Gasteiger partial charge in [0.05, 0.1) is 23.7 Å². The van der Waals surface area contributed by atoms with E-state index in [9.17, 15) is 0 Å². The van der Waals surface area contributed by atoms with Crippen LogP contribution in [0.3, 0.4) is 0 Å². The second-order valence-corrected chi connectivity index (χ2v) is 5.23. The third-order valence-electron chi connectivity index (χ3n) is 3.00. The highest BCUT2D eigenvalue weighted by atomic mass is 79.9. The zero-order valence-corrected chi connectivity index (χ0v) is 12.2. The molecule has 0 aliphatic carbocycles. The first-order valence-electron chi connectivity index (χ1n) is 5.52. The molecule has 1 N–H and O–H groups in total. The van der Waals surface area contributed by atoms with Gasteiger partial charge in [-0.3, -0.25) is 0 Å². The third kappa shape index (κ3) is 2.39. The standard InChI is InChI=1S/C12H15BrClNO2/c1-16-11-7(13)6-8(14)10(12(11)17-2)9-4-3-5-15-9/h6,9,15H,3-5H2,1-2H3. The van der Waals surface area contributed by atoms with Crippen LogP contribution in [0.4, 0.5) is 0 Å². The van der Waals surface area contributed by atoms with Crippen molar-refractivity contribution in [3.8, 4) is 11.5 Å². The van der Waals surface area contributed by atoms with Crippen molar-refractivity contribution in [2.75, 3.05) is 20.8 Å². The summed E-state index contributed by atoms with van der Waals surface area (Å²) in [5, 5.41) is 4.13. The Morgan fingerprint density at radius 3 is 2.59 bits per heavy atom. The van der Waals surface area contributed by atoms with Crippen LogP contribution in [0.2, 0.25) is 5.02 Å². The predicted octanol–water partition coefficient (Wildman–Crippen LogP) is 3.54. The monoisotopic (exact) mass is 319 g/mol. The molecule has 1 aromatic rings. The highest BCUT2D eigenvalue weighted by molar-refractivity contribution is 9.10. The van der Waals surface area contributed by atoms with Gasteiger partial charge in [0.1, 0.15) is 0 Å². The molecule has 2 rings (SSSR count). The van der Waals surface area contributed by atoms with Gasteiger partial charge in [-0.2, -0.15) is 0 Å². The van der Waals surface area contributed by atoms with Gasteiger partial charge in [0, 0.05) is 11.6 Å². The maximum Gasteiger partial charge on any atom is 0.175 e. The molecule has 17 heavy (non-hydrogen) atoms. The molecule has 1 saturated heterocycles. The third-order valence-corrected chi connectivity index (χ3v) is 3.90. The maximum atomic E-state index is 6.32. The molecule has 0 aromatic heterocycles. The van der Waals surface area contributed by atoms with Crippen LogP contribution >= 0.6 is 27.5 Å². The molecule has 0 spiro atoms. The first-order chi connectivity index (χ1) is 8.19.